The van der Waals surface area contributed by atoms with E-state index >= 15 is 0 Å². The number of benzene rings is 2. The second kappa shape index (κ2) is 8.58. The first kappa shape index (κ1) is 21.4. The van der Waals surface area contributed by atoms with Crippen LogP contribution in [0.2, 0.25) is 5.02 Å². The Morgan fingerprint density at radius 1 is 1.17 bits per heavy atom. The largest absolute Gasteiger partial charge is 0.471 e. The number of hydrogen-bond acceptors (Lipinski definition) is 4. The topological polar surface area (TPSA) is 73.2 Å². The minimum absolute atomic E-state index is 0.0203. The van der Waals surface area contributed by atoms with Gasteiger partial charge in [0.25, 0.3) is 11.5 Å². The van der Waals surface area contributed by atoms with Crippen LogP contribution in [-0.4, -0.2) is 22.5 Å². The maximum Gasteiger partial charge on any atom is 0.280 e. The summed E-state index contributed by atoms with van der Waals surface area (Å²) in [5.41, 5.74) is -0.903. The van der Waals surface area contributed by atoms with Gasteiger partial charge in [-0.3, -0.25) is 14.2 Å². The molecule has 1 aromatic heterocycles. The van der Waals surface area contributed by atoms with Crippen LogP contribution < -0.4 is 15.6 Å². The number of nitrogens with one attached hydrogen (secondary N) is 1. The van der Waals surface area contributed by atoms with Crippen LogP contribution in [0.3, 0.4) is 0 Å². The molecule has 30 heavy (non-hydrogen) atoms. The molecule has 10 heteroatoms. The smallest absolute Gasteiger partial charge is 0.280 e. The Morgan fingerprint density at radius 2 is 1.90 bits per heavy atom. The summed E-state index contributed by atoms with van der Waals surface area (Å²) in [6, 6.07) is 6.44. The maximum atomic E-state index is 14.4. The second-order valence-corrected chi connectivity index (χ2v) is 6.57. The van der Waals surface area contributed by atoms with Gasteiger partial charge in [-0.05, 0) is 37.3 Å². The number of amides is 1. The molecule has 0 saturated carbocycles. The van der Waals surface area contributed by atoms with E-state index in [0.29, 0.717) is 6.07 Å². The lowest BCUT2D eigenvalue weighted by molar-refractivity contribution is 0.0963. The molecule has 3 aromatic rings. The number of aromatic nitrogens is 2. The Kier molecular flexibility index (Phi) is 6.12. The molecular weight excluding hydrogens is 423 g/mol. The molecule has 0 aliphatic heterocycles. The van der Waals surface area contributed by atoms with Crippen molar-refractivity contribution in [3.8, 4) is 11.6 Å². The van der Waals surface area contributed by atoms with Gasteiger partial charge in [0.1, 0.15) is 29.9 Å². The molecule has 0 aliphatic carbocycles. The van der Waals surface area contributed by atoms with Gasteiger partial charge in [0, 0.05) is 24.2 Å². The van der Waals surface area contributed by atoms with Crippen molar-refractivity contribution in [1.29, 1.82) is 0 Å². The van der Waals surface area contributed by atoms with Gasteiger partial charge in [-0.2, -0.15) is 4.98 Å². The summed E-state index contributed by atoms with van der Waals surface area (Å²) in [6.07, 6.45) is 0. The van der Waals surface area contributed by atoms with Crippen LogP contribution in [0.25, 0.3) is 5.69 Å². The number of ether oxygens (including phenoxy) is 1. The first-order valence-corrected chi connectivity index (χ1v) is 8.98. The molecule has 0 atom stereocenters. The molecule has 1 amide bonds. The van der Waals surface area contributed by atoms with Gasteiger partial charge in [0.05, 0.1) is 5.69 Å². The van der Waals surface area contributed by atoms with Gasteiger partial charge >= 0.3 is 0 Å². The molecule has 0 spiro atoms. The SMILES string of the molecule is CNC(=O)c1ccc(F)c(-n2c(C)nc(OCc3ccc(F)cc3F)c(Cl)c2=O)c1. The normalized spacial score (nSPS) is 10.7. The van der Waals surface area contributed by atoms with Crippen LogP contribution in [0.15, 0.2) is 41.2 Å². The third-order valence-electron chi connectivity index (χ3n) is 4.22. The van der Waals surface area contributed by atoms with E-state index in [9.17, 15) is 22.8 Å². The Labute approximate surface area is 173 Å². The number of carbonyl (C=O) groups is 1. The average molecular weight is 438 g/mol. The molecule has 156 valence electrons. The third-order valence-corrected chi connectivity index (χ3v) is 4.54. The first-order valence-electron chi connectivity index (χ1n) is 8.60. The van der Waals surface area contributed by atoms with E-state index < -0.39 is 33.9 Å². The van der Waals surface area contributed by atoms with Gasteiger partial charge < -0.3 is 10.1 Å². The quantitative estimate of drug-likeness (QED) is 0.662. The Morgan fingerprint density at radius 3 is 2.57 bits per heavy atom. The second-order valence-electron chi connectivity index (χ2n) is 6.19. The average Bonchev–Trinajstić information content (AvgIpc) is 2.71. The van der Waals surface area contributed by atoms with Crippen molar-refractivity contribution in [3.63, 3.8) is 0 Å². The molecule has 6 nitrogen and oxygen atoms in total. The number of hydrogen-bond donors (Lipinski definition) is 1. The lowest BCUT2D eigenvalue weighted by atomic mass is 10.1. The van der Waals surface area contributed by atoms with E-state index in [1.165, 1.54) is 32.2 Å². The van der Waals surface area contributed by atoms with Crippen LogP contribution >= 0.6 is 11.6 Å². The van der Waals surface area contributed by atoms with Crippen LogP contribution in [0.1, 0.15) is 21.7 Å². The number of nitrogens with zero attached hydrogens (tertiary/aromatic N) is 2. The number of aryl methyl sites for hydroxylation is 1. The summed E-state index contributed by atoms with van der Waals surface area (Å²) >= 11 is 6.06. The number of halogens is 4. The predicted octanol–water partition coefficient (Wildman–Crippen LogP) is 3.55. The molecule has 2 aromatic carbocycles. The summed E-state index contributed by atoms with van der Waals surface area (Å²) in [5, 5.41) is 1.94. The van der Waals surface area contributed by atoms with Crippen molar-refractivity contribution in [2.45, 2.75) is 13.5 Å². The van der Waals surface area contributed by atoms with Gasteiger partial charge in [-0.1, -0.05) is 11.6 Å². The van der Waals surface area contributed by atoms with Gasteiger partial charge in [0.15, 0.2) is 5.02 Å². The van der Waals surface area contributed by atoms with Crippen molar-refractivity contribution < 1.29 is 22.7 Å². The van der Waals surface area contributed by atoms with E-state index in [1.807, 2.05) is 0 Å². The number of carbonyl (C=O) groups excluding carboxylic acids is 1. The molecule has 0 bridgehead atoms. The lowest BCUT2D eigenvalue weighted by Crippen LogP contribution is -2.25. The molecule has 0 aliphatic rings. The third kappa shape index (κ3) is 4.16. The van der Waals surface area contributed by atoms with Crippen LogP contribution in [0.5, 0.6) is 5.88 Å². The fraction of sp³-hybridized carbons (Fsp3) is 0.150. The highest BCUT2D eigenvalue weighted by Crippen LogP contribution is 2.23. The summed E-state index contributed by atoms with van der Waals surface area (Å²) in [7, 11) is 1.41. The molecule has 1 N–H and O–H groups in total. The van der Waals surface area contributed by atoms with E-state index in [-0.39, 0.29) is 35.1 Å². The fourth-order valence-electron chi connectivity index (χ4n) is 2.72. The number of rotatable bonds is 5. The zero-order valence-electron chi connectivity index (χ0n) is 15.8. The monoisotopic (exact) mass is 437 g/mol. The maximum absolute atomic E-state index is 14.4. The Hall–Kier alpha value is -3.33. The standard InChI is InChI=1S/C20H15ClF3N3O3/c1-10-26-19(30-9-12-3-5-13(22)8-15(12)24)17(21)20(29)27(10)16-7-11(18(28)25-2)4-6-14(16)23/h3-8H,9H2,1-2H3,(H,25,28). The fourth-order valence-corrected chi connectivity index (χ4v) is 2.90. The van der Waals surface area contributed by atoms with Crippen LogP contribution in [-0.2, 0) is 6.61 Å². The first-order chi connectivity index (χ1) is 14.2. The van der Waals surface area contributed by atoms with E-state index in [4.69, 9.17) is 16.3 Å². The molecule has 1 heterocycles. The zero-order chi connectivity index (χ0) is 22.0. The Balaban J connectivity index is 2.00. The highest BCUT2D eigenvalue weighted by Gasteiger charge is 2.19. The predicted molar refractivity (Wildman–Crippen MR) is 104 cm³/mol. The molecule has 3 rings (SSSR count). The van der Waals surface area contributed by atoms with Gasteiger partial charge in [-0.25, -0.2) is 13.2 Å². The Bertz CT molecular complexity index is 1200. The molecule has 0 fully saturated rings. The van der Waals surface area contributed by atoms with Crippen molar-refractivity contribution in [2.24, 2.45) is 0 Å². The molecule has 0 saturated heterocycles. The van der Waals surface area contributed by atoms with E-state index in [1.54, 1.807) is 0 Å². The minimum atomic E-state index is -0.841. The minimum Gasteiger partial charge on any atom is -0.471 e. The summed E-state index contributed by atoms with van der Waals surface area (Å²) in [6.45, 7) is 1.05. The summed E-state index contributed by atoms with van der Waals surface area (Å²) in [4.78, 5) is 28.6. The zero-order valence-corrected chi connectivity index (χ0v) is 16.6. The van der Waals surface area contributed by atoms with E-state index in [2.05, 4.69) is 10.3 Å². The van der Waals surface area contributed by atoms with Crippen LogP contribution in [0.4, 0.5) is 13.2 Å². The van der Waals surface area contributed by atoms with Gasteiger partial charge in [-0.15, -0.1) is 0 Å². The van der Waals surface area contributed by atoms with E-state index in [0.717, 1.165) is 16.7 Å². The van der Waals surface area contributed by atoms with Crippen molar-refractivity contribution in [3.05, 3.63) is 86.2 Å². The summed E-state index contributed by atoms with van der Waals surface area (Å²) < 4.78 is 47.4. The molecular formula is C20H15ClF3N3O3. The molecule has 0 unspecified atom stereocenters. The van der Waals surface area contributed by atoms with Crippen molar-refractivity contribution in [2.75, 3.05) is 7.05 Å². The lowest BCUT2D eigenvalue weighted by Gasteiger charge is -2.14. The van der Waals surface area contributed by atoms with Gasteiger partial charge in [0.2, 0.25) is 5.88 Å². The highest BCUT2D eigenvalue weighted by atomic mass is 35.5. The highest BCUT2D eigenvalue weighted by molar-refractivity contribution is 6.31. The van der Waals surface area contributed by atoms with Crippen molar-refractivity contribution >= 4 is 17.5 Å². The summed E-state index contributed by atoms with van der Waals surface area (Å²) in [5.74, 6) is -3.08. The molecule has 0 radical (unpaired) electrons. The van der Waals surface area contributed by atoms with Crippen LogP contribution in [0, 0.1) is 24.4 Å². The van der Waals surface area contributed by atoms with Crippen molar-refractivity contribution in [1.82, 2.24) is 14.9 Å².